The normalized spacial score (nSPS) is 20.1. The zero-order chi connectivity index (χ0) is 17.5. The van der Waals surface area contributed by atoms with Crippen molar-refractivity contribution in [3.8, 4) is 11.5 Å². The molecule has 1 aromatic carbocycles. The zero-order valence-corrected chi connectivity index (χ0v) is 14.1. The number of urea groups is 1. The predicted octanol–water partition coefficient (Wildman–Crippen LogP) is 1.55. The quantitative estimate of drug-likeness (QED) is 0.734. The average Bonchev–Trinajstić information content (AvgIpc) is 2.59. The Bertz CT molecular complexity index is 591. The third-order valence-electron chi connectivity index (χ3n) is 4.35. The van der Waals surface area contributed by atoms with Gasteiger partial charge in [0.1, 0.15) is 0 Å². The number of nitrogens with one attached hydrogen (secondary N) is 2. The number of hydrogen-bond acceptors (Lipinski definition) is 4. The van der Waals surface area contributed by atoms with Crippen LogP contribution in [0.2, 0.25) is 0 Å². The molecule has 0 aromatic heterocycles. The van der Waals surface area contributed by atoms with E-state index in [9.17, 15) is 9.59 Å². The van der Waals surface area contributed by atoms with Crippen LogP contribution in [0.5, 0.6) is 11.5 Å². The molecule has 7 nitrogen and oxygen atoms in total. The van der Waals surface area contributed by atoms with Crippen molar-refractivity contribution >= 4 is 11.9 Å². The van der Waals surface area contributed by atoms with Crippen LogP contribution in [-0.2, 0) is 11.3 Å². The molecule has 1 aliphatic carbocycles. The second-order valence-corrected chi connectivity index (χ2v) is 5.92. The number of nitrogens with two attached hydrogens (primary N) is 1. The lowest BCUT2D eigenvalue weighted by molar-refractivity contribution is -0.123. The van der Waals surface area contributed by atoms with Crippen molar-refractivity contribution in [2.75, 3.05) is 14.2 Å². The molecule has 1 saturated carbocycles. The molecule has 0 radical (unpaired) electrons. The van der Waals surface area contributed by atoms with Crippen LogP contribution in [0, 0.1) is 5.92 Å². The maximum absolute atomic E-state index is 12.1. The summed E-state index contributed by atoms with van der Waals surface area (Å²) in [6.07, 6.45) is 3.47. The Morgan fingerprint density at radius 3 is 2.54 bits per heavy atom. The minimum Gasteiger partial charge on any atom is -0.493 e. The third kappa shape index (κ3) is 4.53. The van der Waals surface area contributed by atoms with E-state index in [1.54, 1.807) is 20.3 Å². The Morgan fingerprint density at radius 2 is 1.88 bits per heavy atom. The summed E-state index contributed by atoms with van der Waals surface area (Å²) < 4.78 is 10.4. The molecule has 1 fully saturated rings. The fourth-order valence-corrected chi connectivity index (χ4v) is 3.04. The highest BCUT2D eigenvalue weighted by Gasteiger charge is 2.30. The monoisotopic (exact) mass is 335 g/mol. The fraction of sp³-hybridized carbons (Fsp3) is 0.529. The molecule has 1 aliphatic rings. The van der Waals surface area contributed by atoms with Crippen LogP contribution >= 0.6 is 0 Å². The number of ether oxygens (including phenoxy) is 2. The Labute approximate surface area is 141 Å². The van der Waals surface area contributed by atoms with E-state index in [0.29, 0.717) is 18.0 Å². The van der Waals surface area contributed by atoms with Gasteiger partial charge in [0.2, 0.25) is 5.91 Å². The summed E-state index contributed by atoms with van der Waals surface area (Å²) in [5.41, 5.74) is 6.31. The zero-order valence-electron chi connectivity index (χ0n) is 14.1. The second-order valence-electron chi connectivity index (χ2n) is 5.92. The van der Waals surface area contributed by atoms with Crippen LogP contribution in [0.1, 0.15) is 31.2 Å². The maximum atomic E-state index is 12.1. The maximum Gasteiger partial charge on any atom is 0.315 e. The minimum absolute atomic E-state index is 0.193. The van der Waals surface area contributed by atoms with Crippen molar-refractivity contribution in [2.45, 2.75) is 38.3 Å². The summed E-state index contributed by atoms with van der Waals surface area (Å²) in [6.45, 7) is 0.347. The summed E-state index contributed by atoms with van der Waals surface area (Å²) in [4.78, 5) is 23.6. The first-order valence-corrected chi connectivity index (χ1v) is 8.09. The molecule has 0 spiro atoms. The van der Waals surface area contributed by atoms with Crippen molar-refractivity contribution in [1.29, 1.82) is 0 Å². The lowest BCUT2D eigenvalue weighted by Crippen LogP contribution is -2.50. The van der Waals surface area contributed by atoms with Crippen LogP contribution in [-0.4, -0.2) is 32.2 Å². The number of primary amides is 1. The molecule has 1 aromatic rings. The van der Waals surface area contributed by atoms with Crippen molar-refractivity contribution in [1.82, 2.24) is 10.6 Å². The number of methoxy groups -OCH3 is 2. The van der Waals surface area contributed by atoms with E-state index in [2.05, 4.69) is 10.6 Å². The Morgan fingerprint density at radius 1 is 1.17 bits per heavy atom. The van der Waals surface area contributed by atoms with Gasteiger partial charge in [-0.15, -0.1) is 0 Å². The first kappa shape index (κ1) is 17.9. The van der Waals surface area contributed by atoms with Crippen LogP contribution in [0.25, 0.3) is 0 Å². The molecular formula is C17H25N3O4. The molecule has 3 amide bonds. The Balaban J connectivity index is 1.89. The summed E-state index contributed by atoms with van der Waals surface area (Å²) >= 11 is 0. The lowest BCUT2D eigenvalue weighted by atomic mass is 9.84. The van der Waals surface area contributed by atoms with Gasteiger partial charge < -0.3 is 25.8 Å². The molecule has 7 heteroatoms. The first-order valence-electron chi connectivity index (χ1n) is 8.09. The van der Waals surface area contributed by atoms with E-state index < -0.39 is 0 Å². The molecule has 0 heterocycles. The van der Waals surface area contributed by atoms with Gasteiger partial charge in [-0.2, -0.15) is 0 Å². The molecule has 4 N–H and O–H groups in total. The van der Waals surface area contributed by atoms with Gasteiger partial charge in [-0.25, -0.2) is 4.79 Å². The van der Waals surface area contributed by atoms with Gasteiger partial charge in [-0.1, -0.05) is 18.9 Å². The largest absolute Gasteiger partial charge is 0.493 e. The van der Waals surface area contributed by atoms with Gasteiger partial charge in [0, 0.05) is 12.6 Å². The summed E-state index contributed by atoms with van der Waals surface area (Å²) in [7, 11) is 3.14. The number of amides is 3. The molecule has 2 atom stereocenters. The van der Waals surface area contributed by atoms with Gasteiger partial charge in [-0.05, 0) is 30.5 Å². The first-order chi connectivity index (χ1) is 11.5. The van der Waals surface area contributed by atoms with Gasteiger partial charge >= 0.3 is 6.03 Å². The molecule has 132 valence electrons. The van der Waals surface area contributed by atoms with Crippen molar-refractivity contribution in [3.63, 3.8) is 0 Å². The molecule has 0 aliphatic heterocycles. The molecule has 2 unspecified atom stereocenters. The summed E-state index contributed by atoms with van der Waals surface area (Å²) in [6, 6.07) is 4.96. The van der Waals surface area contributed by atoms with Crippen LogP contribution in [0.4, 0.5) is 4.79 Å². The highest BCUT2D eigenvalue weighted by atomic mass is 16.5. The average molecular weight is 335 g/mol. The SMILES string of the molecule is COc1ccc(CNC(=O)NC2CCCCC2C(N)=O)cc1OC. The molecule has 0 saturated heterocycles. The van der Waals surface area contributed by atoms with Crippen molar-refractivity contribution < 1.29 is 19.1 Å². The third-order valence-corrected chi connectivity index (χ3v) is 4.35. The van der Waals surface area contributed by atoms with Crippen molar-refractivity contribution in [3.05, 3.63) is 23.8 Å². The lowest BCUT2D eigenvalue weighted by Gasteiger charge is -2.29. The number of benzene rings is 1. The summed E-state index contributed by atoms with van der Waals surface area (Å²) in [5, 5.41) is 5.66. The molecule has 24 heavy (non-hydrogen) atoms. The Kier molecular flexibility index (Phi) is 6.28. The second kappa shape index (κ2) is 8.42. The van der Waals surface area contributed by atoms with E-state index >= 15 is 0 Å². The molecule has 0 bridgehead atoms. The van der Waals surface area contributed by atoms with Crippen LogP contribution in [0.15, 0.2) is 18.2 Å². The smallest absolute Gasteiger partial charge is 0.315 e. The predicted molar refractivity (Wildman–Crippen MR) is 89.9 cm³/mol. The topological polar surface area (TPSA) is 103 Å². The highest BCUT2D eigenvalue weighted by Crippen LogP contribution is 2.27. The van der Waals surface area contributed by atoms with E-state index in [0.717, 1.165) is 31.2 Å². The van der Waals surface area contributed by atoms with Gasteiger partial charge in [0.25, 0.3) is 0 Å². The highest BCUT2D eigenvalue weighted by molar-refractivity contribution is 5.80. The van der Waals surface area contributed by atoms with Gasteiger partial charge in [0.05, 0.1) is 20.1 Å². The standard InChI is InChI=1S/C17H25N3O4/c1-23-14-8-7-11(9-15(14)24-2)10-19-17(22)20-13-6-4-3-5-12(13)16(18)21/h7-9,12-13H,3-6,10H2,1-2H3,(H2,18,21)(H2,19,20,22). The van der Waals surface area contributed by atoms with Crippen LogP contribution in [0.3, 0.4) is 0 Å². The Hall–Kier alpha value is -2.44. The summed E-state index contributed by atoms with van der Waals surface area (Å²) in [5.74, 6) is 0.612. The molecule has 2 rings (SSSR count). The van der Waals surface area contributed by atoms with E-state index in [1.165, 1.54) is 0 Å². The van der Waals surface area contributed by atoms with E-state index in [-0.39, 0.29) is 23.9 Å². The number of hydrogen-bond donors (Lipinski definition) is 3. The van der Waals surface area contributed by atoms with Gasteiger partial charge in [0.15, 0.2) is 11.5 Å². The van der Waals surface area contributed by atoms with E-state index in [1.807, 2.05) is 12.1 Å². The van der Waals surface area contributed by atoms with Gasteiger partial charge in [-0.3, -0.25) is 4.79 Å². The minimum atomic E-state index is -0.347. The number of carbonyl (C=O) groups is 2. The number of rotatable bonds is 6. The van der Waals surface area contributed by atoms with E-state index in [4.69, 9.17) is 15.2 Å². The molecular weight excluding hydrogens is 310 g/mol. The fourth-order valence-electron chi connectivity index (χ4n) is 3.04. The van der Waals surface area contributed by atoms with Crippen molar-refractivity contribution in [2.24, 2.45) is 11.7 Å². The van der Waals surface area contributed by atoms with Crippen LogP contribution < -0.4 is 25.8 Å². The number of carbonyl (C=O) groups excluding carboxylic acids is 2.